The van der Waals surface area contributed by atoms with Crippen molar-refractivity contribution in [1.82, 2.24) is 9.13 Å². The summed E-state index contributed by atoms with van der Waals surface area (Å²) in [6.45, 7) is 0. The third-order valence-corrected chi connectivity index (χ3v) is 15.7. The van der Waals surface area contributed by atoms with Crippen molar-refractivity contribution in [1.29, 1.82) is 0 Å². The molecule has 0 aliphatic heterocycles. The molecule has 15 aromatic rings. The summed E-state index contributed by atoms with van der Waals surface area (Å²) in [7, 11) is 0. The van der Waals surface area contributed by atoms with Gasteiger partial charge in [0.2, 0.25) is 0 Å². The summed E-state index contributed by atoms with van der Waals surface area (Å²) in [6, 6.07) is 109. The lowest BCUT2D eigenvalue weighted by atomic mass is 9.95. The van der Waals surface area contributed by atoms with Gasteiger partial charge in [-0.3, -0.25) is 0 Å². The molecule has 77 heavy (non-hydrogen) atoms. The lowest BCUT2D eigenvalue weighted by molar-refractivity contribution is 1.18. The van der Waals surface area contributed by atoms with Gasteiger partial charge in [0.1, 0.15) is 0 Å². The van der Waals surface area contributed by atoms with Crippen molar-refractivity contribution in [2.75, 3.05) is 4.90 Å². The van der Waals surface area contributed by atoms with Gasteiger partial charge in [-0.15, -0.1) is 0 Å². The first-order valence-electron chi connectivity index (χ1n) is 26.5. The van der Waals surface area contributed by atoms with Crippen LogP contribution in [0.4, 0.5) is 17.1 Å². The van der Waals surface area contributed by atoms with Crippen LogP contribution in [0.15, 0.2) is 297 Å². The summed E-state index contributed by atoms with van der Waals surface area (Å²) in [5.41, 5.74) is 19.9. The summed E-state index contributed by atoms with van der Waals surface area (Å²) >= 11 is 0. The second-order valence-corrected chi connectivity index (χ2v) is 20.1. The number of para-hydroxylation sites is 4. The second kappa shape index (κ2) is 18.3. The van der Waals surface area contributed by atoms with Crippen LogP contribution in [-0.4, -0.2) is 9.13 Å². The number of nitrogens with zero attached hydrogens (tertiary/aromatic N) is 3. The van der Waals surface area contributed by atoms with E-state index in [9.17, 15) is 0 Å². The highest BCUT2D eigenvalue weighted by atomic mass is 15.1. The molecule has 0 fully saturated rings. The van der Waals surface area contributed by atoms with E-state index < -0.39 is 0 Å². The Labute approximate surface area is 447 Å². The molecule has 0 saturated heterocycles. The zero-order valence-corrected chi connectivity index (χ0v) is 42.1. The van der Waals surface area contributed by atoms with E-state index in [4.69, 9.17) is 0 Å². The first kappa shape index (κ1) is 44.3. The summed E-state index contributed by atoms with van der Waals surface area (Å²) in [4.78, 5) is 2.42. The number of fused-ring (bicyclic) bond motifs is 8. The van der Waals surface area contributed by atoms with Gasteiger partial charge in [0.15, 0.2) is 0 Å². The predicted molar refractivity (Wildman–Crippen MR) is 327 cm³/mol. The molecule has 3 nitrogen and oxygen atoms in total. The maximum atomic E-state index is 2.42. The summed E-state index contributed by atoms with van der Waals surface area (Å²) < 4.78 is 4.77. The lowest BCUT2D eigenvalue weighted by Crippen LogP contribution is -2.10. The largest absolute Gasteiger partial charge is 0.310 e. The van der Waals surface area contributed by atoms with E-state index in [1.54, 1.807) is 0 Å². The van der Waals surface area contributed by atoms with Crippen molar-refractivity contribution in [3.05, 3.63) is 297 Å². The van der Waals surface area contributed by atoms with Crippen LogP contribution >= 0.6 is 0 Å². The molecule has 0 N–H and O–H groups in total. The van der Waals surface area contributed by atoms with Crippen LogP contribution in [-0.2, 0) is 0 Å². The highest BCUT2D eigenvalue weighted by Gasteiger charge is 2.20. The van der Waals surface area contributed by atoms with E-state index >= 15 is 0 Å². The van der Waals surface area contributed by atoms with Crippen LogP contribution in [0.5, 0.6) is 0 Å². The molecule has 360 valence electrons. The zero-order chi connectivity index (χ0) is 50.8. The lowest BCUT2D eigenvalue weighted by Gasteiger charge is -2.28. The highest BCUT2D eigenvalue weighted by molar-refractivity contribution is 6.13. The Hall–Kier alpha value is -10.2. The predicted octanol–water partition coefficient (Wildman–Crippen LogP) is 20.3. The van der Waals surface area contributed by atoms with Crippen molar-refractivity contribution in [2.24, 2.45) is 0 Å². The second-order valence-electron chi connectivity index (χ2n) is 20.1. The smallest absolute Gasteiger partial charge is 0.0547 e. The molecule has 2 heterocycles. The third-order valence-electron chi connectivity index (χ3n) is 15.7. The van der Waals surface area contributed by atoms with Gasteiger partial charge in [-0.25, -0.2) is 0 Å². The Bertz CT molecular complexity index is 4700. The van der Waals surface area contributed by atoms with Crippen molar-refractivity contribution < 1.29 is 0 Å². The van der Waals surface area contributed by atoms with E-state index in [1.807, 2.05) is 0 Å². The molecule has 0 amide bonds. The average Bonchev–Trinajstić information content (AvgIpc) is 4.03. The molecule has 0 aliphatic carbocycles. The fraction of sp³-hybridized carbons (Fsp3) is 0. The topological polar surface area (TPSA) is 13.1 Å². The Kier molecular flexibility index (Phi) is 10.5. The van der Waals surface area contributed by atoms with Crippen molar-refractivity contribution in [3.8, 4) is 55.9 Å². The number of rotatable bonds is 9. The van der Waals surface area contributed by atoms with E-state index in [2.05, 4.69) is 311 Å². The molecular weight excluding hydrogens is 931 g/mol. The van der Waals surface area contributed by atoms with E-state index in [-0.39, 0.29) is 0 Å². The fourth-order valence-corrected chi connectivity index (χ4v) is 12.1. The summed E-state index contributed by atoms with van der Waals surface area (Å²) in [5.74, 6) is 0. The molecular formula is C74H49N3. The number of aromatic nitrogens is 2. The van der Waals surface area contributed by atoms with E-state index in [1.165, 1.54) is 104 Å². The molecule has 3 heteroatoms. The van der Waals surface area contributed by atoms with Gasteiger partial charge in [0, 0.05) is 49.7 Å². The van der Waals surface area contributed by atoms with Gasteiger partial charge in [0.25, 0.3) is 0 Å². The molecule has 0 saturated carbocycles. The Balaban J connectivity index is 0.815. The standard InChI is InChI=1S/C74H49N3/c1-3-18-57(19-4-1)76-71-29-14-12-26-67(71)69-48-56(39-46-73(69)76)63-45-47-72(65-24-10-9-23-64(63)65)75(60-42-36-54(37-43-60)62-27-15-17-53-16-7-8-22-61(53)62)59-40-34-51(35-41-59)50-30-32-52(33-31-50)55-38-44-68-66-25-11-13-28-70(66)77(74(68)49-55)58-20-5-2-6-21-58/h1-49H. The molecule has 0 bridgehead atoms. The molecule has 0 atom stereocenters. The van der Waals surface area contributed by atoms with Crippen molar-refractivity contribution >= 4 is 82.2 Å². The van der Waals surface area contributed by atoms with Gasteiger partial charge in [-0.1, -0.05) is 212 Å². The molecule has 0 radical (unpaired) electrons. The van der Waals surface area contributed by atoms with Crippen molar-refractivity contribution in [3.63, 3.8) is 0 Å². The number of hydrogen-bond acceptors (Lipinski definition) is 1. The summed E-state index contributed by atoms with van der Waals surface area (Å²) in [6.07, 6.45) is 0. The first-order valence-corrected chi connectivity index (χ1v) is 26.5. The summed E-state index contributed by atoms with van der Waals surface area (Å²) in [5, 5.41) is 9.86. The average molecular weight is 980 g/mol. The SMILES string of the molecule is c1ccc(-n2c3ccccc3c3cc(-c4ccc(N(c5ccc(-c6ccc(-c7ccc8c9ccccc9n(-c9ccccc9)c8c7)cc6)cc5)c5ccc(-c6cccc7ccccc67)cc5)c5ccccc45)ccc32)cc1. The third kappa shape index (κ3) is 7.51. The molecule has 0 spiro atoms. The van der Waals surface area contributed by atoms with Gasteiger partial charge >= 0.3 is 0 Å². The van der Waals surface area contributed by atoms with Crippen LogP contribution in [0.3, 0.4) is 0 Å². The minimum atomic E-state index is 1.08. The quantitative estimate of drug-likeness (QED) is 0.140. The van der Waals surface area contributed by atoms with Crippen LogP contribution in [0.1, 0.15) is 0 Å². The highest BCUT2D eigenvalue weighted by Crippen LogP contribution is 2.45. The van der Waals surface area contributed by atoms with Gasteiger partial charge in [0.05, 0.1) is 27.8 Å². The minimum absolute atomic E-state index is 1.08. The number of benzene rings is 13. The molecule has 2 aromatic heterocycles. The Morgan fingerprint density at radius 2 is 0.662 bits per heavy atom. The maximum Gasteiger partial charge on any atom is 0.0547 e. The Morgan fingerprint density at radius 3 is 1.32 bits per heavy atom. The first-order chi connectivity index (χ1) is 38.2. The van der Waals surface area contributed by atoms with Crippen LogP contribution in [0.25, 0.3) is 121 Å². The zero-order valence-electron chi connectivity index (χ0n) is 42.1. The van der Waals surface area contributed by atoms with Crippen LogP contribution in [0.2, 0.25) is 0 Å². The monoisotopic (exact) mass is 979 g/mol. The normalized spacial score (nSPS) is 11.6. The van der Waals surface area contributed by atoms with Gasteiger partial charge < -0.3 is 14.0 Å². The fourth-order valence-electron chi connectivity index (χ4n) is 12.1. The van der Waals surface area contributed by atoms with Crippen molar-refractivity contribution in [2.45, 2.75) is 0 Å². The van der Waals surface area contributed by atoms with Gasteiger partial charge in [-0.2, -0.15) is 0 Å². The molecule has 13 aromatic carbocycles. The van der Waals surface area contributed by atoms with E-state index in [0.29, 0.717) is 0 Å². The van der Waals surface area contributed by atoms with E-state index in [0.717, 1.165) is 34.0 Å². The minimum Gasteiger partial charge on any atom is -0.310 e. The van der Waals surface area contributed by atoms with Crippen LogP contribution in [0, 0.1) is 0 Å². The number of hydrogen-bond donors (Lipinski definition) is 0. The molecule has 0 aliphatic rings. The molecule has 15 rings (SSSR count). The number of anilines is 3. The maximum absolute atomic E-state index is 2.42. The Morgan fingerprint density at radius 1 is 0.221 bits per heavy atom. The van der Waals surface area contributed by atoms with Crippen LogP contribution < -0.4 is 4.90 Å². The van der Waals surface area contributed by atoms with Gasteiger partial charge in [-0.05, 0) is 146 Å². The molecule has 0 unspecified atom stereocenters.